The van der Waals surface area contributed by atoms with Gasteiger partial charge < -0.3 is 9.15 Å². The molecular weight excluding hydrogens is 254 g/mol. The van der Waals surface area contributed by atoms with Crippen molar-refractivity contribution in [2.75, 3.05) is 7.11 Å². The lowest BCUT2D eigenvalue weighted by molar-refractivity contribution is 0.0564. The molecule has 0 fully saturated rings. The third-order valence-electron chi connectivity index (χ3n) is 2.06. The smallest absolute Gasteiger partial charge is 0.373 e. The Balaban J connectivity index is 2.08. The summed E-state index contributed by atoms with van der Waals surface area (Å²) in [5, 5.41) is 2.13. The number of ketones is 1. The summed E-state index contributed by atoms with van der Waals surface area (Å²) in [5.74, 6) is -0.263. The van der Waals surface area contributed by atoms with E-state index in [0.717, 1.165) is 0 Å². The number of ether oxygens (including phenoxy) is 1. The summed E-state index contributed by atoms with van der Waals surface area (Å²) in [6.07, 6.45) is 4.39. The molecule has 0 saturated carbocycles. The fourth-order valence-electron chi connectivity index (χ4n) is 1.23. The van der Waals surface area contributed by atoms with Crippen LogP contribution in [-0.2, 0) is 4.74 Å². The molecule has 0 N–H and O–H groups in total. The van der Waals surface area contributed by atoms with Crippen molar-refractivity contribution in [3.8, 4) is 0 Å². The summed E-state index contributed by atoms with van der Waals surface area (Å²) in [7, 11) is 1.27. The molecule has 0 aliphatic carbocycles. The minimum Gasteiger partial charge on any atom is -0.463 e. The third kappa shape index (κ3) is 2.72. The highest BCUT2D eigenvalue weighted by molar-refractivity contribution is 7.11. The van der Waals surface area contributed by atoms with Crippen LogP contribution in [0.4, 0.5) is 0 Å². The zero-order valence-corrected chi connectivity index (χ0v) is 10.3. The molecule has 2 aromatic rings. The lowest BCUT2D eigenvalue weighted by atomic mass is 10.3. The van der Waals surface area contributed by atoms with Gasteiger partial charge in [0.15, 0.2) is 5.01 Å². The molecule has 0 unspecified atom stereocenters. The molecule has 6 heteroatoms. The van der Waals surface area contributed by atoms with Gasteiger partial charge in [-0.1, -0.05) is 0 Å². The van der Waals surface area contributed by atoms with Gasteiger partial charge in [-0.15, -0.1) is 11.3 Å². The molecule has 0 amide bonds. The average molecular weight is 263 g/mol. The van der Waals surface area contributed by atoms with Crippen LogP contribution in [0.5, 0.6) is 0 Å². The Morgan fingerprint density at radius 1 is 1.44 bits per heavy atom. The molecule has 0 saturated heterocycles. The van der Waals surface area contributed by atoms with E-state index in [2.05, 4.69) is 9.72 Å². The summed E-state index contributed by atoms with van der Waals surface area (Å²) in [5.41, 5.74) is 0. The molecule has 0 bridgehead atoms. The Morgan fingerprint density at radius 2 is 2.28 bits per heavy atom. The van der Waals surface area contributed by atoms with Crippen LogP contribution in [0.15, 0.2) is 34.2 Å². The Morgan fingerprint density at radius 3 is 2.94 bits per heavy atom. The quantitative estimate of drug-likeness (QED) is 0.481. The molecule has 0 aliphatic heterocycles. The predicted octanol–water partition coefficient (Wildman–Crippen LogP) is 2.42. The minimum atomic E-state index is -0.555. The number of aromatic nitrogens is 1. The second-order valence-corrected chi connectivity index (χ2v) is 4.12. The topological polar surface area (TPSA) is 69.4 Å². The van der Waals surface area contributed by atoms with E-state index in [9.17, 15) is 9.59 Å². The van der Waals surface area contributed by atoms with Crippen LogP contribution in [0.1, 0.15) is 26.1 Å². The standard InChI is InChI=1S/C12H9NO4S/c1-16-12(15)10-5-3-8(17-10)2-4-9(14)11-13-6-7-18-11/h2-7H,1H3/b4-2+. The first-order valence-electron chi connectivity index (χ1n) is 5.01. The van der Waals surface area contributed by atoms with Gasteiger partial charge in [-0.2, -0.15) is 0 Å². The molecule has 2 aromatic heterocycles. The summed E-state index contributed by atoms with van der Waals surface area (Å²) < 4.78 is 9.68. The molecule has 0 spiro atoms. The summed E-state index contributed by atoms with van der Waals surface area (Å²) in [4.78, 5) is 26.6. The lowest BCUT2D eigenvalue weighted by Gasteiger charge is -1.91. The third-order valence-corrected chi connectivity index (χ3v) is 2.84. The van der Waals surface area contributed by atoms with Crippen LogP contribution < -0.4 is 0 Å². The van der Waals surface area contributed by atoms with E-state index in [0.29, 0.717) is 10.8 Å². The number of carbonyl (C=O) groups is 2. The highest BCUT2D eigenvalue weighted by Gasteiger charge is 2.10. The maximum Gasteiger partial charge on any atom is 0.373 e. The van der Waals surface area contributed by atoms with E-state index in [1.165, 1.54) is 36.7 Å². The molecule has 92 valence electrons. The molecule has 0 aromatic carbocycles. The fraction of sp³-hybridized carbons (Fsp3) is 0.0833. The van der Waals surface area contributed by atoms with Crippen molar-refractivity contribution in [2.24, 2.45) is 0 Å². The molecule has 18 heavy (non-hydrogen) atoms. The number of hydrogen-bond donors (Lipinski definition) is 0. The van der Waals surface area contributed by atoms with Crippen LogP contribution in [0.3, 0.4) is 0 Å². The minimum absolute atomic E-state index is 0.0962. The van der Waals surface area contributed by atoms with Crippen LogP contribution in [0.25, 0.3) is 6.08 Å². The zero-order chi connectivity index (χ0) is 13.0. The maximum absolute atomic E-state index is 11.6. The van der Waals surface area contributed by atoms with E-state index in [4.69, 9.17) is 4.42 Å². The van der Waals surface area contributed by atoms with Crippen molar-refractivity contribution in [2.45, 2.75) is 0 Å². The fourth-order valence-corrected chi connectivity index (χ4v) is 1.78. The number of rotatable bonds is 4. The Labute approximate surface area is 107 Å². The van der Waals surface area contributed by atoms with Crippen molar-refractivity contribution < 1.29 is 18.7 Å². The first kappa shape index (κ1) is 12.3. The predicted molar refractivity (Wildman–Crippen MR) is 65.5 cm³/mol. The molecule has 0 aliphatic rings. The number of nitrogens with zero attached hydrogens (tertiary/aromatic N) is 1. The van der Waals surface area contributed by atoms with Gasteiger partial charge in [0.25, 0.3) is 0 Å². The van der Waals surface area contributed by atoms with Crippen LogP contribution >= 0.6 is 11.3 Å². The van der Waals surface area contributed by atoms with Gasteiger partial charge in [0.2, 0.25) is 11.5 Å². The van der Waals surface area contributed by atoms with Crippen molar-refractivity contribution in [3.63, 3.8) is 0 Å². The highest BCUT2D eigenvalue weighted by Crippen LogP contribution is 2.12. The van der Waals surface area contributed by atoms with Crippen LogP contribution in [-0.4, -0.2) is 23.8 Å². The van der Waals surface area contributed by atoms with Crippen LogP contribution in [0, 0.1) is 0 Å². The van der Waals surface area contributed by atoms with Crippen molar-refractivity contribution in [1.29, 1.82) is 0 Å². The van der Waals surface area contributed by atoms with Gasteiger partial charge in [-0.25, -0.2) is 9.78 Å². The average Bonchev–Trinajstić information content (AvgIpc) is 3.05. The monoisotopic (exact) mass is 263 g/mol. The molecule has 0 atom stereocenters. The van der Waals surface area contributed by atoms with E-state index in [-0.39, 0.29) is 11.5 Å². The molecule has 2 heterocycles. The van der Waals surface area contributed by atoms with Gasteiger partial charge in [0.1, 0.15) is 5.76 Å². The van der Waals surface area contributed by atoms with Gasteiger partial charge in [0.05, 0.1) is 7.11 Å². The normalized spacial score (nSPS) is 10.7. The molecule has 0 radical (unpaired) electrons. The Kier molecular flexibility index (Phi) is 3.69. The summed E-state index contributed by atoms with van der Waals surface area (Å²) in [6.45, 7) is 0. The summed E-state index contributed by atoms with van der Waals surface area (Å²) >= 11 is 1.26. The van der Waals surface area contributed by atoms with Crippen molar-refractivity contribution in [1.82, 2.24) is 4.98 Å². The largest absolute Gasteiger partial charge is 0.463 e. The Bertz CT molecular complexity index is 583. The van der Waals surface area contributed by atoms with E-state index in [1.54, 1.807) is 17.6 Å². The van der Waals surface area contributed by atoms with Gasteiger partial charge >= 0.3 is 5.97 Å². The molecule has 5 nitrogen and oxygen atoms in total. The second kappa shape index (κ2) is 5.42. The van der Waals surface area contributed by atoms with E-state index < -0.39 is 5.97 Å². The maximum atomic E-state index is 11.6. The Hall–Kier alpha value is -2.21. The molecule has 2 rings (SSSR count). The van der Waals surface area contributed by atoms with Crippen molar-refractivity contribution >= 4 is 29.2 Å². The van der Waals surface area contributed by atoms with Gasteiger partial charge in [0, 0.05) is 11.6 Å². The number of hydrogen-bond acceptors (Lipinski definition) is 6. The molecular formula is C12H9NO4S. The number of thiazole rings is 1. The first-order valence-corrected chi connectivity index (χ1v) is 5.88. The zero-order valence-electron chi connectivity index (χ0n) is 9.45. The van der Waals surface area contributed by atoms with Gasteiger partial charge in [-0.3, -0.25) is 4.79 Å². The first-order chi connectivity index (χ1) is 8.70. The lowest BCUT2D eigenvalue weighted by Crippen LogP contribution is -1.98. The van der Waals surface area contributed by atoms with Crippen LogP contribution in [0.2, 0.25) is 0 Å². The van der Waals surface area contributed by atoms with Gasteiger partial charge in [-0.05, 0) is 24.3 Å². The number of furan rings is 1. The number of methoxy groups -OCH3 is 1. The summed E-state index contributed by atoms with van der Waals surface area (Å²) in [6, 6.07) is 3.07. The van der Waals surface area contributed by atoms with E-state index >= 15 is 0 Å². The number of allylic oxidation sites excluding steroid dienone is 1. The highest BCUT2D eigenvalue weighted by atomic mass is 32.1. The number of esters is 1. The second-order valence-electron chi connectivity index (χ2n) is 3.23. The SMILES string of the molecule is COC(=O)c1ccc(/C=C/C(=O)c2nccs2)o1. The van der Waals surface area contributed by atoms with E-state index in [1.807, 2.05) is 0 Å². The number of carbonyl (C=O) groups excluding carboxylic acids is 2. The van der Waals surface area contributed by atoms with Crippen molar-refractivity contribution in [3.05, 3.63) is 46.3 Å².